The maximum Gasteiger partial charge on any atom is 0.261 e. The zero-order chi connectivity index (χ0) is 22.5. The number of halogens is 1. The summed E-state index contributed by atoms with van der Waals surface area (Å²) in [6.45, 7) is 1.83. The van der Waals surface area contributed by atoms with Crippen molar-refractivity contribution in [2.45, 2.75) is 32.4 Å². The second-order valence-electron chi connectivity index (χ2n) is 7.04. The van der Waals surface area contributed by atoms with Crippen molar-refractivity contribution in [2.75, 3.05) is 0 Å². The molecule has 9 heteroatoms. The van der Waals surface area contributed by atoms with E-state index in [0.717, 1.165) is 4.90 Å². The molecule has 1 aliphatic rings. The SMILES string of the molecule is Cc1c(CNC(=O)c2ccccc2Cl)cccc1C(=O)N(C=O)C1CCC(=O)NC1=O. The van der Waals surface area contributed by atoms with E-state index in [4.69, 9.17) is 11.6 Å². The van der Waals surface area contributed by atoms with E-state index in [9.17, 15) is 24.0 Å². The highest BCUT2D eigenvalue weighted by Gasteiger charge is 2.35. The first-order valence-corrected chi connectivity index (χ1v) is 9.94. The lowest BCUT2D eigenvalue weighted by atomic mass is 9.99. The summed E-state index contributed by atoms with van der Waals surface area (Å²) in [4.78, 5) is 61.3. The van der Waals surface area contributed by atoms with Crippen molar-refractivity contribution in [3.63, 3.8) is 0 Å². The Labute approximate surface area is 183 Å². The lowest BCUT2D eigenvalue weighted by Gasteiger charge is -2.29. The number of nitrogens with zero attached hydrogens (tertiary/aromatic N) is 1. The molecule has 0 aromatic heterocycles. The molecule has 2 aromatic rings. The van der Waals surface area contributed by atoms with Gasteiger partial charge in [-0.15, -0.1) is 0 Å². The van der Waals surface area contributed by atoms with E-state index < -0.39 is 23.8 Å². The Balaban J connectivity index is 1.78. The predicted molar refractivity (Wildman–Crippen MR) is 112 cm³/mol. The Morgan fingerprint density at radius 1 is 1.16 bits per heavy atom. The normalized spacial score (nSPS) is 15.7. The average Bonchev–Trinajstić information content (AvgIpc) is 2.75. The predicted octanol–water partition coefficient (Wildman–Crippen LogP) is 1.98. The molecule has 1 unspecified atom stereocenters. The standard InChI is InChI=1S/C22H20ClN3O5/c1-13-14(11-24-20(29)16-6-2-3-8-17(16)23)5-4-7-15(13)22(31)26(12-27)18-9-10-19(28)25-21(18)30/h2-8,12,18H,9-11H2,1H3,(H,24,29)(H,25,28,30). The summed E-state index contributed by atoms with van der Waals surface area (Å²) in [7, 11) is 0. The fraction of sp³-hybridized carbons (Fsp3) is 0.227. The lowest BCUT2D eigenvalue weighted by molar-refractivity contribution is -0.139. The van der Waals surface area contributed by atoms with Crippen LogP contribution in [0.1, 0.15) is 44.7 Å². The Kier molecular flexibility index (Phi) is 6.81. The third kappa shape index (κ3) is 4.80. The molecular formula is C22H20ClN3O5. The number of benzene rings is 2. The Hall–Kier alpha value is -3.52. The molecular weight excluding hydrogens is 422 g/mol. The van der Waals surface area contributed by atoms with Crippen molar-refractivity contribution in [1.29, 1.82) is 0 Å². The summed E-state index contributed by atoms with van der Waals surface area (Å²) in [6.07, 6.45) is 0.413. The van der Waals surface area contributed by atoms with Crippen molar-refractivity contribution < 1.29 is 24.0 Å². The van der Waals surface area contributed by atoms with Crippen LogP contribution in [-0.2, 0) is 20.9 Å². The van der Waals surface area contributed by atoms with Crippen LogP contribution >= 0.6 is 11.6 Å². The molecule has 1 aliphatic heterocycles. The molecule has 8 nitrogen and oxygen atoms in total. The number of rotatable bonds is 6. The van der Waals surface area contributed by atoms with Gasteiger partial charge in [-0.1, -0.05) is 35.9 Å². The number of nitrogens with one attached hydrogen (secondary N) is 2. The van der Waals surface area contributed by atoms with Gasteiger partial charge in [0.15, 0.2) is 0 Å². The molecule has 160 valence electrons. The second kappa shape index (κ2) is 9.53. The van der Waals surface area contributed by atoms with Gasteiger partial charge in [-0.3, -0.25) is 34.2 Å². The van der Waals surface area contributed by atoms with Crippen LogP contribution < -0.4 is 10.6 Å². The summed E-state index contributed by atoms with van der Waals surface area (Å²) in [5.41, 5.74) is 1.78. The van der Waals surface area contributed by atoms with Gasteiger partial charge in [0.05, 0.1) is 10.6 Å². The van der Waals surface area contributed by atoms with Crippen LogP contribution in [0.2, 0.25) is 5.02 Å². The number of hydrogen-bond acceptors (Lipinski definition) is 5. The van der Waals surface area contributed by atoms with Crippen molar-refractivity contribution in [3.05, 3.63) is 69.7 Å². The molecule has 1 atom stereocenters. The largest absolute Gasteiger partial charge is 0.348 e. The van der Waals surface area contributed by atoms with Gasteiger partial charge in [-0.05, 0) is 42.7 Å². The van der Waals surface area contributed by atoms with Gasteiger partial charge >= 0.3 is 0 Å². The van der Waals surface area contributed by atoms with Crippen LogP contribution in [0.5, 0.6) is 0 Å². The third-order valence-corrected chi connectivity index (χ3v) is 5.46. The quantitative estimate of drug-likeness (QED) is 0.525. The average molecular weight is 442 g/mol. The number of hydrogen-bond donors (Lipinski definition) is 2. The molecule has 2 aromatic carbocycles. The first-order valence-electron chi connectivity index (χ1n) is 9.56. The molecule has 1 saturated heterocycles. The van der Waals surface area contributed by atoms with E-state index in [1.165, 1.54) is 0 Å². The maximum absolute atomic E-state index is 13.0. The first kappa shape index (κ1) is 22.2. The number of carbonyl (C=O) groups excluding carboxylic acids is 5. The van der Waals surface area contributed by atoms with Gasteiger partial charge in [-0.2, -0.15) is 0 Å². The van der Waals surface area contributed by atoms with Gasteiger partial charge < -0.3 is 5.32 Å². The van der Waals surface area contributed by atoms with Gasteiger partial charge in [0.25, 0.3) is 11.8 Å². The van der Waals surface area contributed by atoms with E-state index >= 15 is 0 Å². The maximum atomic E-state index is 13.0. The first-order chi connectivity index (χ1) is 14.8. The molecule has 31 heavy (non-hydrogen) atoms. The van der Waals surface area contributed by atoms with E-state index in [1.807, 2.05) is 0 Å². The van der Waals surface area contributed by atoms with E-state index in [-0.39, 0.29) is 30.9 Å². The van der Waals surface area contributed by atoms with Crippen LogP contribution in [-0.4, -0.2) is 41.0 Å². The molecule has 1 heterocycles. The minimum absolute atomic E-state index is 0.0428. The molecule has 0 bridgehead atoms. The van der Waals surface area contributed by atoms with Crippen LogP contribution in [0.4, 0.5) is 0 Å². The molecule has 0 saturated carbocycles. The van der Waals surface area contributed by atoms with Gasteiger partial charge in [0.1, 0.15) is 6.04 Å². The number of carbonyl (C=O) groups is 5. The number of imide groups is 2. The highest BCUT2D eigenvalue weighted by molar-refractivity contribution is 6.33. The molecule has 3 rings (SSSR count). The van der Waals surface area contributed by atoms with Crippen LogP contribution in [0.3, 0.4) is 0 Å². The minimum Gasteiger partial charge on any atom is -0.348 e. The molecule has 0 spiro atoms. The Morgan fingerprint density at radius 2 is 1.87 bits per heavy atom. The van der Waals surface area contributed by atoms with Crippen molar-refractivity contribution in [1.82, 2.24) is 15.5 Å². The molecule has 0 radical (unpaired) electrons. The van der Waals surface area contributed by atoms with E-state index in [2.05, 4.69) is 10.6 Å². The fourth-order valence-electron chi connectivity index (χ4n) is 3.37. The topological polar surface area (TPSA) is 113 Å². The Morgan fingerprint density at radius 3 is 2.55 bits per heavy atom. The monoisotopic (exact) mass is 441 g/mol. The fourth-order valence-corrected chi connectivity index (χ4v) is 3.59. The van der Waals surface area contributed by atoms with Gasteiger partial charge in [0.2, 0.25) is 18.2 Å². The molecule has 1 fully saturated rings. The van der Waals surface area contributed by atoms with Crippen molar-refractivity contribution in [2.24, 2.45) is 0 Å². The van der Waals surface area contributed by atoms with Crippen molar-refractivity contribution >= 4 is 41.6 Å². The van der Waals surface area contributed by atoms with E-state index in [0.29, 0.717) is 28.1 Å². The van der Waals surface area contributed by atoms with Crippen molar-refractivity contribution in [3.8, 4) is 0 Å². The van der Waals surface area contributed by atoms with Gasteiger partial charge in [0, 0.05) is 18.5 Å². The minimum atomic E-state index is -1.05. The highest BCUT2D eigenvalue weighted by Crippen LogP contribution is 2.20. The zero-order valence-electron chi connectivity index (χ0n) is 16.7. The van der Waals surface area contributed by atoms with Gasteiger partial charge in [-0.25, -0.2) is 0 Å². The molecule has 2 N–H and O–H groups in total. The van der Waals surface area contributed by atoms with Crippen LogP contribution in [0, 0.1) is 6.92 Å². The number of amides is 5. The molecule has 0 aliphatic carbocycles. The summed E-state index contributed by atoms with van der Waals surface area (Å²) in [6, 6.07) is 10.5. The number of piperidine rings is 1. The summed E-state index contributed by atoms with van der Waals surface area (Å²) >= 11 is 6.05. The lowest BCUT2D eigenvalue weighted by Crippen LogP contribution is -2.54. The highest BCUT2D eigenvalue weighted by atomic mass is 35.5. The third-order valence-electron chi connectivity index (χ3n) is 5.13. The van der Waals surface area contributed by atoms with E-state index in [1.54, 1.807) is 49.4 Å². The summed E-state index contributed by atoms with van der Waals surface area (Å²) < 4.78 is 0. The summed E-state index contributed by atoms with van der Waals surface area (Å²) in [5.74, 6) is -2.13. The smallest absolute Gasteiger partial charge is 0.261 e. The molecule has 5 amide bonds. The summed E-state index contributed by atoms with van der Waals surface area (Å²) in [5, 5.41) is 5.23. The van der Waals surface area contributed by atoms with Crippen LogP contribution in [0.25, 0.3) is 0 Å². The van der Waals surface area contributed by atoms with Crippen LogP contribution in [0.15, 0.2) is 42.5 Å². The Bertz CT molecular complexity index is 1070. The second-order valence-corrected chi connectivity index (χ2v) is 7.44. The zero-order valence-corrected chi connectivity index (χ0v) is 17.4.